The maximum Gasteiger partial charge on any atom is 0.390 e. The molecule has 0 saturated heterocycles. The first-order chi connectivity index (χ1) is 6.96. The fraction of sp³-hybridized carbons (Fsp3) is 0.818. The van der Waals surface area contributed by atoms with E-state index in [9.17, 15) is 13.2 Å². The van der Waals surface area contributed by atoms with Gasteiger partial charge in [0.15, 0.2) is 0 Å². The van der Waals surface area contributed by atoms with Crippen molar-refractivity contribution < 1.29 is 13.2 Å². The fourth-order valence-corrected chi connectivity index (χ4v) is 2.68. The second-order valence-corrected chi connectivity index (χ2v) is 4.73. The van der Waals surface area contributed by atoms with Crippen molar-refractivity contribution in [1.82, 2.24) is 5.32 Å². The Kier molecular flexibility index (Phi) is 2.79. The van der Waals surface area contributed by atoms with E-state index >= 15 is 0 Å². The zero-order chi connectivity index (χ0) is 11.1. The summed E-state index contributed by atoms with van der Waals surface area (Å²) in [5.74, 6) is 1.18. The number of fused-ring (bicyclic) bond motifs is 1. The van der Waals surface area contributed by atoms with E-state index in [1.165, 1.54) is 0 Å². The Morgan fingerprint density at radius 1 is 1.47 bits per heavy atom. The van der Waals surface area contributed by atoms with E-state index in [1.54, 1.807) is 6.92 Å². The quantitative estimate of drug-likeness (QED) is 0.720. The van der Waals surface area contributed by atoms with E-state index in [0.29, 0.717) is 11.8 Å². The van der Waals surface area contributed by atoms with Crippen molar-refractivity contribution >= 4 is 0 Å². The number of halogens is 3. The maximum absolute atomic E-state index is 12.1. The molecule has 1 N–H and O–H groups in total. The Morgan fingerprint density at radius 3 is 2.80 bits per heavy atom. The van der Waals surface area contributed by atoms with Gasteiger partial charge in [0.05, 0.1) is 6.42 Å². The fourth-order valence-electron chi connectivity index (χ4n) is 2.68. The normalized spacial score (nSPS) is 36.1. The molecule has 2 rings (SSSR count). The van der Waals surface area contributed by atoms with Crippen LogP contribution in [0.25, 0.3) is 0 Å². The van der Waals surface area contributed by atoms with Gasteiger partial charge in [0, 0.05) is 12.1 Å². The van der Waals surface area contributed by atoms with Gasteiger partial charge in [-0.3, -0.25) is 0 Å². The van der Waals surface area contributed by atoms with E-state index in [2.05, 4.69) is 17.5 Å². The van der Waals surface area contributed by atoms with Gasteiger partial charge < -0.3 is 5.32 Å². The van der Waals surface area contributed by atoms with Crippen LogP contribution < -0.4 is 5.32 Å². The highest BCUT2D eigenvalue weighted by atomic mass is 19.4. The molecule has 0 aliphatic heterocycles. The van der Waals surface area contributed by atoms with Crippen LogP contribution in [0.4, 0.5) is 13.2 Å². The van der Waals surface area contributed by atoms with Crippen LogP contribution in [-0.4, -0.2) is 18.3 Å². The van der Waals surface area contributed by atoms with E-state index in [0.717, 1.165) is 12.8 Å². The lowest BCUT2D eigenvalue weighted by Gasteiger charge is -2.42. The highest BCUT2D eigenvalue weighted by Crippen LogP contribution is 2.43. The Labute approximate surface area is 87.7 Å². The Hall–Kier alpha value is -0.510. The average Bonchev–Trinajstić information content (AvgIpc) is 2.39. The molecule has 0 heterocycles. The molecular weight excluding hydrogens is 203 g/mol. The molecule has 86 valence electrons. The van der Waals surface area contributed by atoms with Crippen LogP contribution in [0.5, 0.6) is 0 Å². The lowest BCUT2D eigenvalue weighted by molar-refractivity contribution is -0.140. The SMILES string of the molecule is CC(CC(F)(F)F)NC1CC2CC=CC21. The Morgan fingerprint density at radius 2 is 2.20 bits per heavy atom. The predicted octanol–water partition coefficient (Wildman–Crippen LogP) is 2.88. The van der Waals surface area contributed by atoms with Gasteiger partial charge in [0.25, 0.3) is 0 Å². The molecule has 15 heavy (non-hydrogen) atoms. The molecule has 2 aliphatic rings. The highest BCUT2D eigenvalue weighted by Gasteiger charge is 2.42. The van der Waals surface area contributed by atoms with Crippen LogP contribution in [0.15, 0.2) is 12.2 Å². The summed E-state index contributed by atoms with van der Waals surface area (Å²) in [7, 11) is 0. The zero-order valence-corrected chi connectivity index (χ0v) is 8.72. The molecule has 4 unspecified atom stereocenters. The lowest BCUT2D eigenvalue weighted by atomic mass is 9.71. The third kappa shape index (κ3) is 2.54. The van der Waals surface area contributed by atoms with E-state index in [-0.39, 0.29) is 6.04 Å². The second kappa shape index (κ2) is 3.81. The molecule has 0 bridgehead atoms. The van der Waals surface area contributed by atoms with Crippen molar-refractivity contribution in [3.05, 3.63) is 12.2 Å². The summed E-state index contributed by atoms with van der Waals surface area (Å²) >= 11 is 0. The van der Waals surface area contributed by atoms with Gasteiger partial charge in [-0.05, 0) is 31.6 Å². The Bertz CT molecular complexity index is 259. The van der Waals surface area contributed by atoms with Crippen LogP contribution in [0.1, 0.15) is 26.2 Å². The minimum atomic E-state index is -4.05. The van der Waals surface area contributed by atoms with Crippen LogP contribution >= 0.6 is 0 Å². The minimum Gasteiger partial charge on any atom is -0.311 e. The first-order valence-electron chi connectivity index (χ1n) is 5.45. The van der Waals surface area contributed by atoms with Gasteiger partial charge in [-0.1, -0.05) is 12.2 Å². The van der Waals surface area contributed by atoms with Crippen molar-refractivity contribution in [3.63, 3.8) is 0 Å². The van der Waals surface area contributed by atoms with E-state index in [1.807, 2.05) is 0 Å². The number of allylic oxidation sites excluding steroid dienone is 1. The lowest BCUT2D eigenvalue weighted by Crippen LogP contribution is -2.51. The highest BCUT2D eigenvalue weighted by molar-refractivity contribution is 5.13. The third-order valence-corrected chi connectivity index (χ3v) is 3.40. The summed E-state index contributed by atoms with van der Waals surface area (Å²) in [5, 5.41) is 3.07. The largest absolute Gasteiger partial charge is 0.390 e. The van der Waals surface area contributed by atoms with Crippen LogP contribution in [-0.2, 0) is 0 Å². The van der Waals surface area contributed by atoms with Gasteiger partial charge >= 0.3 is 6.18 Å². The van der Waals surface area contributed by atoms with Gasteiger partial charge in [-0.25, -0.2) is 0 Å². The second-order valence-electron chi connectivity index (χ2n) is 4.73. The molecule has 1 nitrogen and oxygen atoms in total. The van der Waals surface area contributed by atoms with Gasteiger partial charge in [-0.15, -0.1) is 0 Å². The Balaban J connectivity index is 1.76. The summed E-state index contributed by atoms with van der Waals surface area (Å²) in [6.07, 6.45) is 1.64. The van der Waals surface area contributed by atoms with Crippen molar-refractivity contribution in [1.29, 1.82) is 0 Å². The molecule has 2 aliphatic carbocycles. The maximum atomic E-state index is 12.1. The summed E-state index contributed by atoms with van der Waals surface area (Å²) in [6, 6.07) is -0.198. The molecule has 4 heteroatoms. The first kappa shape index (κ1) is 11.0. The number of nitrogens with one attached hydrogen (secondary N) is 1. The minimum absolute atomic E-state index is 0.270. The number of rotatable bonds is 3. The topological polar surface area (TPSA) is 12.0 Å². The molecule has 1 saturated carbocycles. The van der Waals surface area contributed by atoms with Crippen molar-refractivity contribution in [2.45, 2.75) is 44.4 Å². The summed E-state index contributed by atoms with van der Waals surface area (Å²) in [6.45, 7) is 1.61. The third-order valence-electron chi connectivity index (χ3n) is 3.40. The molecular formula is C11H16F3N. The smallest absolute Gasteiger partial charge is 0.311 e. The van der Waals surface area contributed by atoms with Crippen molar-refractivity contribution in [2.75, 3.05) is 0 Å². The number of alkyl halides is 3. The predicted molar refractivity (Wildman–Crippen MR) is 52.4 cm³/mol. The number of hydrogen-bond acceptors (Lipinski definition) is 1. The summed E-state index contributed by atoms with van der Waals surface area (Å²) in [4.78, 5) is 0. The zero-order valence-electron chi connectivity index (χ0n) is 8.72. The molecule has 0 amide bonds. The standard InChI is InChI=1S/C11H16F3N/c1-7(6-11(12,13)14)15-10-5-8-3-2-4-9(8)10/h2,4,7-10,15H,3,5-6H2,1H3. The monoisotopic (exact) mass is 219 g/mol. The van der Waals surface area contributed by atoms with Gasteiger partial charge in [-0.2, -0.15) is 13.2 Å². The van der Waals surface area contributed by atoms with Crippen LogP contribution in [0, 0.1) is 11.8 Å². The molecule has 0 aromatic heterocycles. The molecule has 0 aromatic rings. The van der Waals surface area contributed by atoms with E-state index < -0.39 is 18.6 Å². The number of hydrogen-bond donors (Lipinski definition) is 1. The summed E-state index contributed by atoms with van der Waals surface area (Å²) < 4.78 is 36.3. The molecule has 0 radical (unpaired) electrons. The first-order valence-corrected chi connectivity index (χ1v) is 5.45. The summed E-state index contributed by atoms with van der Waals surface area (Å²) in [5.41, 5.74) is 0. The molecule has 0 spiro atoms. The average molecular weight is 219 g/mol. The van der Waals surface area contributed by atoms with Crippen molar-refractivity contribution in [3.8, 4) is 0 Å². The molecule has 1 fully saturated rings. The van der Waals surface area contributed by atoms with Crippen molar-refractivity contribution in [2.24, 2.45) is 11.8 Å². The van der Waals surface area contributed by atoms with Gasteiger partial charge in [0.1, 0.15) is 0 Å². The van der Waals surface area contributed by atoms with Crippen LogP contribution in [0.2, 0.25) is 0 Å². The van der Waals surface area contributed by atoms with Gasteiger partial charge in [0.2, 0.25) is 0 Å². The molecule has 0 aromatic carbocycles. The molecule has 4 atom stereocenters. The van der Waals surface area contributed by atoms with E-state index in [4.69, 9.17) is 0 Å². The van der Waals surface area contributed by atoms with Crippen LogP contribution in [0.3, 0.4) is 0 Å².